The van der Waals surface area contributed by atoms with Crippen LogP contribution in [0.4, 0.5) is 26.3 Å². The summed E-state index contributed by atoms with van der Waals surface area (Å²) in [6.07, 6.45) is 0.415. The molecular weight excluding hydrogens is 665 g/mol. The van der Waals surface area contributed by atoms with Gasteiger partial charge < -0.3 is 10.2 Å². The van der Waals surface area contributed by atoms with Crippen molar-refractivity contribution in [2.75, 3.05) is 4.93 Å². The Labute approximate surface area is 250 Å². The van der Waals surface area contributed by atoms with E-state index in [0.717, 1.165) is 57.4 Å². The molecule has 2 aromatic rings. The Kier molecular flexibility index (Phi) is 14.4. The molecule has 4 rings (SSSR count). The third-order valence-corrected chi connectivity index (χ3v) is 6.86. The Bertz CT molecular complexity index is 1200. The third kappa shape index (κ3) is 10.3. The average molecular weight is 700 g/mol. The van der Waals surface area contributed by atoms with Gasteiger partial charge in [-0.1, -0.05) is 67.5 Å². The predicted molar refractivity (Wildman–Crippen MR) is 156 cm³/mol. The van der Waals surface area contributed by atoms with Crippen LogP contribution in [0.5, 0.6) is 0 Å². The molecule has 0 spiro atoms. The van der Waals surface area contributed by atoms with Gasteiger partial charge in [0, 0.05) is 0 Å². The topological polar surface area (TPSA) is 74.6 Å². The lowest BCUT2D eigenvalue weighted by Gasteiger charge is -2.25. The van der Waals surface area contributed by atoms with Crippen LogP contribution in [0.3, 0.4) is 0 Å². The lowest BCUT2D eigenvalue weighted by Crippen LogP contribution is -2.15. The lowest BCUT2D eigenvalue weighted by molar-refractivity contribution is -0.139. The van der Waals surface area contributed by atoms with Crippen LogP contribution in [0.25, 0.3) is 5.57 Å². The van der Waals surface area contributed by atoms with Gasteiger partial charge in [0.05, 0.1) is 22.3 Å². The largest absolute Gasteiger partial charge is 0.478 e. The molecule has 2 aromatic carbocycles. The van der Waals surface area contributed by atoms with E-state index in [1.165, 1.54) is 24.3 Å². The second-order valence-electron chi connectivity index (χ2n) is 9.48. The Balaban J connectivity index is 0.000000378. The maximum atomic E-state index is 13.1. The van der Waals surface area contributed by atoms with Gasteiger partial charge in [-0.25, -0.2) is 9.59 Å². The number of aromatic carboxylic acids is 2. The van der Waals surface area contributed by atoms with Gasteiger partial charge in [0.2, 0.25) is 0 Å². The highest BCUT2D eigenvalue weighted by Gasteiger charge is 2.37. The average Bonchev–Trinajstić information content (AvgIpc) is 2.94. The standard InChI is InChI=1S/C14H15F3O2.C14H13F3O2.CH3I.CH4/c2*15-14(16,17)12-8-10(13(18)19)6-7-11(12)9-4-2-1-3-5-9;1-2;/h6-9H,1-5H2,(H,18,19);4,6-8H,1-3,5H2,(H,18,19);1H3;1H4. The van der Waals surface area contributed by atoms with Gasteiger partial charge in [0.15, 0.2) is 0 Å². The van der Waals surface area contributed by atoms with E-state index in [9.17, 15) is 35.9 Å². The van der Waals surface area contributed by atoms with Gasteiger partial charge in [-0.05, 0) is 90.3 Å². The van der Waals surface area contributed by atoms with E-state index in [1.807, 2.05) is 11.0 Å². The summed E-state index contributed by atoms with van der Waals surface area (Å²) in [5.74, 6) is -2.79. The van der Waals surface area contributed by atoms with Crippen LogP contribution in [0.2, 0.25) is 0 Å². The maximum Gasteiger partial charge on any atom is 0.417 e. The summed E-state index contributed by atoms with van der Waals surface area (Å²) in [4.78, 5) is 23.6. The third-order valence-electron chi connectivity index (χ3n) is 6.86. The highest BCUT2D eigenvalue weighted by molar-refractivity contribution is 14.1. The van der Waals surface area contributed by atoms with Crippen molar-refractivity contribution in [3.63, 3.8) is 0 Å². The van der Waals surface area contributed by atoms with E-state index in [1.54, 1.807) is 0 Å². The molecule has 0 radical (unpaired) electrons. The fourth-order valence-electron chi connectivity index (χ4n) is 4.98. The molecular formula is C30H35F6IO4. The summed E-state index contributed by atoms with van der Waals surface area (Å²) >= 11 is 2.15. The molecule has 1 fully saturated rings. The molecule has 0 amide bonds. The minimum Gasteiger partial charge on any atom is -0.478 e. The molecule has 0 saturated heterocycles. The van der Waals surface area contributed by atoms with Crippen LogP contribution in [0.15, 0.2) is 42.5 Å². The van der Waals surface area contributed by atoms with Crippen LogP contribution in [0, 0.1) is 0 Å². The summed E-state index contributed by atoms with van der Waals surface area (Å²) in [5.41, 5.74) is -1.29. The maximum absolute atomic E-state index is 13.1. The minimum absolute atomic E-state index is 0. The smallest absolute Gasteiger partial charge is 0.417 e. The molecule has 0 aromatic heterocycles. The van der Waals surface area contributed by atoms with Crippen molar-refractivity contribution in [3.05, 3.63) is 75.9 Å². The molecule has 1 saturated carbocycles. The highest BCUT2D eigenvalue weighted by atomic mass is 127. The van der Waals surface area contributed by atoms with E-state index in [4.69, 9.17) is 10.2 Å². The summed E-state index contributed by atoms with van der Waals surface area (Å²) in [5, 5.41) is 17.6. The molecule has 0 aliphatic heterocycles. The molecule has 0 heterocycles. The van der Waals surface area contributed by atoms with Gasteiger partial charge in [0.1, 0.15) is 0 Å². The Hall–Kier alpha value is -2.57. The SMILES string of the molecule is C.CI.O=C(O)c1ccc(C2=CCCCC2)c(C(F)(F)F)c1.O=C(O)c1ccc(C2CCCCC2)c(C(F)(F)F)c1. The molecule has 4 nitrogen and oxygen atoms in total. The van der Waals surface area contributed by atoms with E-state index in [0.29, 0.717) is 18.1 Å². The highest BCUT2D eigenvalue weighted by Crippen LogP contribution is 2.41. The fourth-order valence-corrected chi connectivity index (χ4v) is 4.98. The number of rotatable bonds is 4. The first-order valence-corrected chi connectivity index (χ1v) is 14.9. The lowest BCUT2D eigenvalue weighted by atomic mass is 9.81. The number of benzene rings is 2. The van der Waals surface area contributed by atoms with E-state index < -0.39 is 35.4 Å². The number of carbonyl (C=O) groups is 2. The number of halogens is 7. The first kappa shape index (κ1) is 36.5. The predicted octanol–water partition coefficient (Wildman–Crippen LogP) is 10.5. The van der Waals surface area contributed by atoms with E-state index >= 15 is 0 Å². The molecule has 11 heteroatoms. The summed E-state index contributed by atoms with van der Waals surface area (Å²) in [6, 6.07) is 6.56. The van der Waals surface area contributed by atoms with Crippen LogP contribution in [-0.4, -0.2) is 27.1 Å². The number of hydrogen-bond donors (Lipinski definition) is 2. The molecule has 41 heavy (non-hydrogen) atoms. The van der Waals surface area contributed by atoms with Gasteiger partial charge >= 0.3 is 24.3 Å². The first-order chi connectivity index (χ1) is 18.8. The normalized spacial score (nSPS) is 15.7. The van der Waals surface area contributed by atoms with E-state index in [2.05, 4.69) is 22.6 Å². The van der Waals surface area contributed by atoms with Gasteiger partial charge in [0.25, 0.3) is 0 Å². The molecule has 228 valence electrons. The van der Waals surface area contributed by atoms with Crippen LogP contribution in [-0.2, 0) is 12.4 Å². The van der Waals surface area contributed by atoms with Gasteiger partial charge in [-0.3, -0.25) is 0 Å². The quantitative estimate of drug-likeness (QED) is 0.189. The summed E-state index contributed by atoms with van der Waals surface area (Å²) in [7, 11) is 0. The van der Waals surface area contributed by atoms with Crippen molar-refractivity contribution < 1.29 is 46.1 Å². The van der Waals surface area contributed by atoms with Crippen LogP contribution in [0.1, 0.15) is 114 Å². The Morgan fingerprint density at radius 3 is 1.73 bits per heavy atom. The number of carboxylic acids is 2. The van der Waals surface area contributed by atoms with E-state index in [-0.39, 0.29) is 35.6 Å². The molecule has 2 aliphatic carbocycles. The molecule has 0 atom stereocenters. The molecule has 0 bridgehead atoms. The second kappa shape index (κ2) is 16.2. The number of allylic oxidation sites excluding steroid dienone is 2. The van der Waals surface area contributed by atoms with Crippen molar-refractivity contribution in [2.45, 2.75) is 83.5 Å². The second-order valence-corrected chi connectivity index (χ2v) is 9.48. The fraction of sp³-hybridized carbons (Fsp3) is 0.467. The Morgan fingerprint density at radius 2 is 1.27 bits per heavy atom. The van der Waals surface area contributed by atoms with Crippen molar-refractivity contribution >= 4 is 40.1 Å². The van der Waals surface area contributed by atoms with Crippen LogP contribution >= 0.6 is 22.6 Å². The summed E-state index contributed by atoms with van der Waals surface area (Å²) in [6.45, 7) is 0. The molecule has 2 aliphatic rings. The van der Waals surface area contributed by atoms with Crippen molar-refractivity contribution in [3.8, 4) is 0 Å². The number of carboxylic acid groups (broad SMARTS) is 2. The minimum atomic E-state index is -4.54. The summed E-state index contributed by atoms with van der Waals surface area (Å²) < 4.78 is 78.2. The zero-order valence-corrected chi connectivity index (χ0v) is 24.0. The van der Waals surface area contributed by atoms with Gasteiger partial charge in [-0.15, -0.1) is 0 Å². The van der Waals surface area contributed by atoms with Gasteiger partial charge in [-0.2, -0.15) is 26.3 Å². The zero-order valence-electron chi connectivity index (χ0n) is 21.8. The monoisotopic (exact) mass is 700 g/mol. The molecule has 0 unspecified atom stereocenters. The Morgan fingerprint density at radius 1 is 0.756 bits per heavy atom. The zero-order chi connectivity index (χ0) is 30.1. The van der Waals surface area contributed by atoms with Crippen LogP contribution < -0.4 is 0 Å². The van der Waals surface area contributed by atoms with Crippen molar-refractivity contribution in [1.82, 2.24) is 0 Å². The first-order valence-electron chi connectivity index (χ1n) is 12.7. The molecule has 2 N–H and O–H groups in total. The van der Waals surface area contributed by atoms with Crippen molar-refractivity contribution in [1.29, 1.82) is 0 Å². The van der Waals surface area contributed by atoms with Crippen molar-refractivity contribution in [2.24, 2.45) is 0 Å². The number of hydrogen-bond acceptors (Lipinski definition) is 2. The number of alkyl halides is 7.